The number of thioether (sulfide) groups is 1. The second-order valence-electron chi connectivity index (χ2n) is 3.17. The van der Waals surface area contributed by atoms with Gasteiger partial charge in [-0.15, -0.1) is 11.8 Å². The largest absolute Gasteiger partial charge is 0.485 e. The molecule has 1 aliphatic heterocycles. The number of carboxylic acid groups (broad SMARTS) is 1. The maximum atomic E-state index is 11.0. The standard InChI is InChI=1S/C11H9ClO3S/c12-8-3-1-7(2-4-8)10-9(11(13)14)15-5-6-16-10/h1-4H,5-6H2,(H,13,14). The molecule has 3 nitrogen and oxygen atoms in total. The van der Waals surface area contributed by atoms with Crippen molar-refractivity contribution in [1.29, 1.82) is 0 Å². The van der Waals surface area contributed by atoms with E-state index in [9.17, 15) is 4.79 Å². The first-order valence-corrected chi connectivity index (χ1v) is 6.04. The number of aliphatic carboxylic acids is 1. The Bertz CT molecular complexity index is 439. The van der Waals surface area contributed by atoms with Gasteiger partial charge < -0.3 is 9.84 Å². The molecule has 0 aromatic heterocycles. The predicted molar refractivity (Wildman–Crippen MR) is 64.4 cm³/mol. The highest BCUT2D eigenvalue weighted by atomic mass is 35.5. The zero-order valence-corrected chi connectivity index (χ0v) is 9.85. The summed E-state index contributed by atoms with van der Waals surface area (Å²) in [5.41, 5.74) is 0.825. The topological polar surface area (TPSA) is 46.5 Å². The van der Waals surface area contributed by atoms with Crippen molar-refractivity contribution < 1.29 is 14.6 Å². The first-order valence-electron chi connectivity index (χ1n) is 4.67. The molecule has 0 aliphatic carbocycles. The summed E-state index contributed by atoms with van der Waals surface area (Å²) in [6.45, 7) is 0.434. The van der Waals surface area contributed by atoms with E-state index >= 15 is 0 Å². The van der Waals surface area contributed by atoms with Gasteiger partial charge in [0.2, 0.25) is 5.76 Å². The fourth-order valence-electron chi connectivity index (χ4n) is 1.39. The van der Waals surface area contributed by atoms with E-state index in [0.29, 0.717) is 16.5 Å². The molecule has 1 N–H and O–H groups in total. The Labute approximate surface area is 102 Å². The molecule has 1 aliphatic rings. The molecule has 5 heteroatoms. The molecule has 84 valence electrons. The molecule has 0 radical (unpaired) electrons. The third kappa shape index (κ3) is 2.33. The molecule has 0 bridgehead atoms. The second-order valence-corrected chi connectivity index (χ2v) is 4.71. The molecule has 1 aromatic carbocycles. The van der Waals surface area contributed by atoms with Crippen molar-refractivity contribution in [3.8, 4) is 0 Å². The molecule has 0 fully saturated rings. The lowest BCUT2D eigenvalue weighted by atomic mass is 10.2. The number of benzene rings is 1. The molecule has 16 heavy (non-hydrogen) atoms. The number of carbonyl (C=O) groups is 1. The molecule has 0 spiro atoms. The van der Waals surface area contributed by atoms with Crippen LogP contribution >= 0.6 is 23.4 Å². The highest BCUT2D eigenvalue weighted by molar-refractivity contribution is 8.08. The lowest BCUT2D eigenvalue weighted by Gasteiger charge is -2.18. The zero-order chi connectivity index (χ0) is 11.5. The van der Waals surface area contributed by atoms with Crippen molar-refractivity contribution in [1.82, 2.24) is 0 Å². The fourth-order valence-corrected chi connectivity index (χ4v) is 2.47. The molecule has 0 atom stereocenters. The van der Waals surface area contributed by atoms with Crippen LogP contribution in [0.4, 0.5) is 0 Å². The zero-order valence-electron chi connectivity index (χ0n) is 8.27. The van der Waals surface area contributed by atoms with E-state index in [0.717, 1.165) is 11.3 Å². The molecule has 1 aromatic rings. The summed E-state index contributed by atoms with van der Waals surface area (Å²) < 4.78 is 5.16. The highest BCUT2D eigenvalue weighted by Gasteiger charge is 2.22. The predicted octanol–water partition coefficient (Wildman–Crippen LogP) is 2.86. The lowest BCUT2D eigenvalue weighted by molar-refractivity contribution is -0.136. The van der Waals surface area contributed by atoms with Gasteiger partial charge in [-0.1, -0.05) is 23.7 Å². The maximum absolute atomic E-state index is 11.0. The van der Waals surface area contributed by atoms with E-state index in [-0.39, 0.29) is 5.76 Å². The van der Waals surface area contributed by atoms with E-state index in [4.69, 9.17) is 21.4 Å². The molecular weight excluding hydrogens is 248 g/mol. The van der Waals surface area contributed by atoms with E-state index in [1.807, 2.05) is 0 Å². The van der Waals surface area contributed by atoms with E-state index in [1.165, 1.54) is 11.8 Å². The Morgan fingerprint density at radius 2 is 2.06 bits per heavy atom. The number of carboxylic acids is 1. The van der Waals surface area contributed by atoms with Crippen LogP contribution in [0.1, 0.15) is 5.56 Å². The Kier molecular flexibility index (Phi) is 3.41. The Morgan fingerprint density at radius 3 is 2.69 bits per heavy atom. The van der Waals surface area contributed by atoms with Crippen LogP contribution in [0.25, 0.3) is 4.91 Å². The van der Waals surface area contributed by atoms with Crippen LogP contribution in [-0.4, -0.2) is 23.4 Å². The van der Waals surface area contributed by atoms with E-state index in [2.05, 4.69) is 0 Å². The summed E-state index contributed by atoms with van der Waals surface area (Å²) >= 11 is 7.27. The molecule has 2 rings (SSSR count). The summed E-state index contributed by atoms with van der Waals surface area (Å²) in [4.78, 5) is 11.6. The maximum Gasteiger partial charge on any atom is 0.372 e. The smallest absolute Gasteiger partial charge is 0.372 e. The molecule has 1 heterocycles. The van der Waals surface area contributed by atoms with Gasteiger partial charge in [0.05, 0.1) is 11.5 Å². The summed E-state index contributed by atoms with van der Waals surface area (Å²) in [7, 11) is 0. The van der Waals surface area contributed by atoms with Crippen molar-refractivity contribution in [2.75, 3.05) is 12.4 Å². The number of hydrogen-bond acceptors (Lipinski definition) is 3. The number of rotatable bonds is 2. The van der Waals surface area contributed by atoms with Crippen molar-refractivity contribution in [3.63, 3.8) is 0 Å². The molecule has 0 saturated carbocycles. The van der Waals surface area contributed by atoms with E-state index < -0.39 is 5.97 Å². The summed E-state index contributed by atoms with van der Waals surface area (Å²) in [5.74, 6) is -0.245. The van der Waals surface area contributed by atoms with Gasteiger partial charge in [0.1, 0.15) is 0 Å². The first-order chi connectivity index (χ1) is 7.68. The van der Waals surface area contributed by atoms with Gasteiger partial charge >= 0.3 is 5.97 Å². The average molecular weight is 257 g/mol. The number of ether oxygens (including phenoxy) is 1. The number of hydrogen-bond donors (Lipinski definition) is 1. The van der Waals surface area contributed by atoms with Crippen LogP contribution in [-0.2, 0) is 9.53 Å². The molecule has 0 amide bonds. The Hall–Kier alpha value is -1.13. The van der Waals surface area contributed by atoms with Gasteiger partial charge in [-0.25, -0.2) is 4.79 Å². The molecule has 0 unspecified atom stereocenters. The van der Waals surface area contributed by atoms with Gasteiger partial charge in [0, 0.05) is 10.8 Å². The highest BCUT2D eigenvalue weighted by Crippen LogP contribution is 2.35. The minimum absolute atomic E-state index is 0.0265. The van der Waals surface area contributed by atoms with Crippen LogP contribution in [0.5, 0.6) is 0 Å². The Balaban J connectivity index is 2.43. The van der Waals surface area contributed by atoms with Crippen molar-refractivity contribution in [3.05, 3.63) is 40.6 Å². The Morgan fingerprint density at radius 1 is 1.38 bits per heavy atom. The summed E-state index contributed by atoms with van der Waals surface area (Å²) in [6, 6.07) is 7.06. The number of halogens is 1. The van der Waals surface area contributed by atoms with Crippen LogP contribution in [0.2, 0.25) is 5.02 Å². The van der Waals surface area contributed by atoms with Gasteiger partial charge in [0.25, 0.3) is 0 Å². The van der Waals surface area contributed by atoms with Crippen molar-refractivity contribution in [2.24, 2.45) is 0 Å². The summed E-state index contributed by atoms with van der Waals surface area (Å²) in [6.07, 6.45) is 0. The second kappa shape index (κ2) is 4.80. The van der Waals surface area contributed by atoms with Crippen LogP contribution in [0, 0.1) is 0 Å². The normalized spacial score (nSPS) is 15.8. The minimum atomic E-state index is -1.03. The monoisotopic (exact) mass is 256 g/mol. The quantitative estimate of drug-likeness (QED) is 0.884. The van der Waals surface area contributed by atoms with Gasteiger partial charge in [-0.3, -0.25) is 0 Å². The molecule has 0 saturated heterocycles. The van der Waals surface area contributed by atoms with Crippen LogP contribution < -0.4 is 0 Å². The third-order valence-electron chi connectivity index (χ3n) is 2.08. The fraction of sp³-hybridized carbons (Fsp3) is 0.182. The van der Waals surface area contributed by atoms with E-state index in [1.54, 1.807) is 24.3 Å². The average Bonchev–Trinajstić information content (AvgIpc) is 2.30. The first kappa shape index (κ1) is 11.4. The lowest BCUT2D eigenvalue weighted by Crippen LogP contribution is -2.13. The van der Waals surface area contributed by atoms with Crippen molar-refractivity contribution >= 4 is 34.2 Å². The third-order valence-corrected chi connectivity index (χ3v) is 3.42. The van der Waals surface area contributed by atoms with Gasteiger partial charge in [-0.2, -0.15) is 0 Å². The summed E-state index contributed by atoms with van der Waals surface area (Å²) in [5, 5.41) is 9.63. The SMILES string of the molecule is O=C(O)C1=C(c2ccc(Cl)cc2)SCCO1. The molecular formula is C11H9ClO3S. The van der Waals surface area contributed by atoms with Gasteiger partial charge in [0.15, 0.2) is 0 Å². The van der Waals surface area contributed by atoms with Crippen molar-refractivity contribution in [2.45, 2.75) is 0 Å². The van der Waals surface area contributed by atoms with Crippen LogP contribution in [0.15, 0.2) is 30.0 Å². The minimum Gasteiger partial charge on any atom is -0.485 e. The van der Waals surface area contributed by atoms with Gasteiger partial charge in [-0.05, 0) is 17.7 Å². The van der Waals surface area contributed by atoms with Crippen LogP contribution in [0.3, 0.4) is 0 Å².